The number of ether oxygens (including phenoxy) is 1. The van der Waals surface area contributed by atoms with Crippen LogP contribution < -0.4 is 0 Å². The van der Waals surface area contributed by atoms with E-state index in [0.29, 0.717) is 37.8 Å². The van der Waals surface area contributed by atoms with E-state index in [1.807, 2.05) is 0 Å². The first-order valence-corrected chi connectivity index (χ1v) is 8.17. The molecule has 2 saturated heterocycles. The van der Waals surface area contributed by atoms with E-state index < -0.39 is 15.9 Å². The summed E-state index contributed by atoms with van der Waals surface area (Å²) >= 11 is 0. The number of aliphatic hydroxyl groups excluding tert-OH is 1. The molecule has 2 aliphatic heterocycles. The van der Waals surface area contributed by atoms with E-state index in [1.165, 1.54) is 0 Å². The Balaban J connectivity index is 1.76. The fraction of sp³-hybridized carbons (Fsp3) is 0.818. The van der Waals surface area contributed by atoms with Crippen molar-refractivity contribution in [3.8, 4) is 0 Å². The fourth-order valence-electron chi connectivity index (χ4n) is 2.52. The molecule has 19 heavy (non-hydrogen) atoms. The largest absolute Gasteiger partial charge is 0.392 e. The molecule has 1 aromatic heterocycles. The SMILES string of the molecule is O=S1(=O)CCC(c2noc(C3COCCC3O)n2)C1. The minimum atomic E-state index is -2.97. The lowest BCUT2D eigenvalue weighted by Crippen LogP contribution is -2.30. The average molecular weight is 288 g/mol. The van der Waals surface area contributed by atoms with Crippen molar-refractivity contribution < 1.29 is 22.8 Å². The third-order valence-corrected chi connectivity index (χ3v) is 5.46. The summed E-state index contributed by atoms with van der Waals surface area (Å²) in [6.07, 6.45) is 0.528. The number of nitrogens with zero attached hydrogens (tertiary/aromatic N) is 2. The average Bonchev–Trinajstić information content (AvgIpc) is 2.96. The molecule has 7 nitrogen and oxygen atoms in total. The Morgan fingerprint density at radius 3 is 2.84 bits per heavy atom. The lowest BCUT2D eigenvalue weighted by Gasteiger charge is -2.24. The summed E-state index contributed by atoms with van der Waals surface area (Å²) < 4.78 is 33.3. The molecule has 1 aromatic rings. The number of hydrogen-bond donors (Lipinski definition) is 1. The number of sulfone groups is 1. The monoisotopic (exact) mass is 288 g/mol. The first-order chi connectivity index (χ1) is 9.05. The van der Waals surface area contributed by atoms with Gasteiger partial charge >= 0.3 is 0 Å². The van der Waals surface area contributed by atoms with Gasteiger partial charge in [0.05, 0.1) is 30.1 Å². The van der Waals surface area contributed by atoms with Crippen LogP contribution in [-0.2, 0) is 14.6 Å². The van der Waals surface area contributed by atoms with Crippen molar-refractivity contribution in [2.75, 3.05) is 24.7 Å². The number of aliphatic hydroxyl groups is 1. The van der Waals surface area contributed by atoms with Crippen LogP contribution in [0.15, 0.2) is 4.52 Å². The molecule has 0 aliphatic carbocycles. The molecule has 0 amide bonds. The highest BCUT2D eigenvalue weighted by Crippen LogP contribution is 2.30. The second-order valence-electron chi connectivity index (χ2n) is 5.13. The highest BCUT2D eigenvalue weighted by molar-refractivity contribution is 7.91. The maximum absolute atomic E-state index is 11.4. The van der Waals surface area contributed by atoms with E-state index in [0.717, 1.165) is 0 Å². The van der Waals surface area contributed by atoms with Gasteiger partial charge in [-0.1, -0.05) is 5.16 Å². The van der Waals surface area contributed by atoms with Crippen molar-refractivity contribution >= 4 is 9.84 Å². The first kappa shape index (κ1) is 13.0. The fourth-order valence-corrected chi connectivity index (χ4v) is 4.26. The van der Waals surface area contributed by atoms with Crippen LogP contribution >= 0.6 is 0 Å². The van der Waals surface area contributed by atoms with Gasteiger partial charge in [0, 0.05) is 12.5 Å². The standard InChI is InChI=1S/C11H16N2O5S/c14-9-1-3-17-5-8(9)11-12-10(13-18-11)7-2-4-19(15,16)6-7/h7-9,14H,1-6H2. The summed E-state index contributed by atoms with van der Waals surface area (Å²) in [5.41, 5.74) is 0. The van der Waals surface area contributed by atoms with Crippen LogP contribution in [0.5, 0.6) is 0 Å². The maximum atomic E-state index is 11.4. The normalized spacial score (nSPS) is 34.5. The molecule has 0 bridgehead atoms. The summed E-state index contributed by atoms with van der Waals surface area (Å²) in [5, 5.41) is 13.7. The minimum absolute atomic E-state index is 0.0791. The molecule has 3 heterocycles. The Morgan fingerprint density at radius 2 is 2.16 bits per heavy atom. The second kappa shape index (κ2) is 4.84. The number of aromatic nitrogens is 2. The zero-order chi connectivity index (χ0) is 13.5. The quantitative estimate of drug-likeness (QED) is 0.806. The molecule has 1 N–H and O–H groups in total. The van der Waals surface area contributed by atoms with Gasteiger partial charge in [0.2, 0.25) is 5.89 Å². The molecule has 3 unspecified atom stereocenters. The van der Waals surface area contributed by atoms with E-state index >= 15 is 0 Å². The third kappa shape index (κ3) is 2.65. The predicted octanol–water partition coefficient (Wildman–Crippen LogP) is -0.164. The zero-order valence-electron chi connectivity index (χ0n) is 10.4. The Morgan fingerprint density at radius 1 is 1.32 bits per heavy atom. The highest BCUT2D eigenvalue weighted by atomic mass is 32.2. The second-order valence-corrected chi connectivity index (χ2v) is 7.36. The van der Waals surface area contributed by atoms with Crippen LogP contribution in [0.25, 0.3) is 0 Å². The van der Waals surface area contributed by atoms with Gasteiger partial charge in [0.1, 0.15) is 0 Å². The topological polar surface area (TPSA) is 103 Å². The van der Waals surface area contributed by atoms with Gasteiger partial charge in [0.25, 0.3) is 0 Å². The third-order valence-electron chi connectivity index (χ3n) is 3.69. The van der Waals surface area contributed by atoms with Gasteiger partial charge in [-0.25, -0.2) is 8.42 Å². The van der Waals surface area contributed by atoms with Crippen LogP contribution in [-0.4, -0.2) is 54.5 Å². The minimum Gasteiger partial charge on any atom is -0.392 e. The molecule has 0 aromatic carbocycles. The van der Waals surface area contributed by atoms with Crippen molar-refractivity contribution in [3.63, 3.8) is 0 Å². The number of hydrogen-bond acceptors (Lipinski definition) is 7. The first-order valence-electron chi connectivity index (χ1n) is 6.35. The van der Waals surface area contributed by atoms with Gasteiger partial charge in [-0.3, -0.25) is 0 Å². The van der Waals surface area contributed by atoms with Gasteiger partial charge in [-0.05, 0) is 12.8 Å². The molecule has 8 heteroatoms. The van der Waals surface area contributed by atoms with E-state index in [9.17, 15) is 13.5 Å². The molecule has 2 fully saturated rings. The van der Waals surface area contributed by atoms with E-state index in [-0.39, 0.29) is 23.3 Å². The summed E-state index contributed by atoms with van der Waals surface area (Å²) in [7, 11) is -2.97. The summed E-state index contributed by atoms with van der Waals surface area (Å²) in [5.74, 6) is 0.518. The van der Waals surface area contributed by atoms with Crippen molar-refractivity contribution in [3.05, 3.63) is 11.7 Å². The van der Waals surface area contributed by atoms with Crippen molar-refractivity contribution in [2.24, 2.45) is 0 Å². The molecule has 0 radical (unpaired) electrons. The van der Waals surface area contributed by atoms with E-state index in [2.05, 4.69) is 10.1 Å². The van der Waals surface area contributed by atoms with Crippen molar-refractivity contribution in [1.82, 2.24) is 10.1 Å². The van der Waals surface area contributed by atoms with Crippen LogP contribution in [0, 0.1) is 0 Å². The lowest BCUT2D eigenvalue weighted by atomic mass is 9.99. The Bertz CT molecular complexity index is 555. The van der Waals surface area contributed by atoms with E-state index in [4.69, 9.17) is 9.26 Å². The molecular weight excluding hydrogens is 272 g/mol. The summed E-state index contributed by atoms with van der Waals surface area (Å²) in [4.78, 5) is 4.25. The molecule has 3 rings (SSSR count). The lowest BCUT2D eigenvalue weighted by molar-refractivity contribution is -0.0149. The van der Waals surface area contributed by atoms with E-state index in [1.54, 1.807) is 0 Å². The summed E-state index contributed by atoms with van der Waals surface area (Å²) in [6, 6.07) is 0. The Hall–Kier alpha value is -0.990. The van der Waals surface area contributed by atoms with Crippen LogP contribution in [0.2, 0.25) is 0 Å². The Kier molecular flexibility index (Phi) is 3.32. The van der Waals surface area contributed by atoms with Crippen LogP contribution in [0.1, 0.15) is 36.4 Å². The molecule has 3 atom stereocenters. The molecule has 0 spiro atoms. The molecule has 106 valence electrons. The van der Waals surface area contributed by atoms with Gasteiger partial charge in [-0.15, -0.1) is 0 Å². The van der Waals surface area contributed by atoms with Gasteiger partial charge < -0.3 is 14.4 Å². The highest BCUT2D eigenvalue weighted by Gasteiger charge is 2.35. The van der Waals surface area contributed by atoms with Gasteiger partial charge in [0.15, 0.2) is 15.7 Å². The maximum Gasteiger partial charge on any atom is 0.234 e. The molecule has 2 aliphatic rings. The summed E-state index contributed by atoms with van der Waals surface area (Å²) in [6.45, 7) is 0.880. The molecular formula is C11H16N2O5S. The Labute approximate surface area is 110 Å². The van der Waals surface area contributed by atoms with Crippen LogP contribution in [0.4, 0.5) is 0 Å². The predicted molar refractivity (Wildman–Crippen MR) is 64.5 cm³/mol. The van der Waals surface area contributed by atoms with Crippen molar-refractivity contribution in [2.45, 2.75) is 30.8 Å². The van der Waals surface area contributed by atoms with Crippen LogP contribution in [0.3, 0.4) is 0 Å². The van der Waals surface area contributed by atoms with Crippen molar-refractivity contribution in [1.29, 1.82) is 0 Å². The zero-order valence-corrected chi connectivity index (χ0v) is 11.2. The molecule has 0 saturated carbocycles. The number of rotatable bonds is 2. The van der Waals surface area contributed by atoms with Gasteiger partial charge in [-0.2, -0.15) is 4.98 Å². The smallest absolute Gasteiger partial charge is 0.234 e.